The molecule has 2 fully saturated rings. The number of amides is 2. The highest BCUT2D eigenvalue weighted by Gasteiger charge is 2.27. The maximum Gasteiger partial charge on any atom is 0.289 e. The van der Waals surface area contributed by atoms with Crippen LogP contribution in [0.25, 0.3) is 0 Å². The molecule has 0 radical (unpaired) electrons. The summed E-state index contributed by atoms with van der Waals surface area (Å²) in [4.78, 5) is 39.6. The molecule has 8 nitrogen and oxygen atoms in total. The van der Waals surface area contributed by atoms with Crippen LogP contribution in [0.5, 0.6) is 0 Å². The Morgan fingerprint density at radius 3 is 2.00 bits per heavy atom. The van der Waals surface area contributed by atoms with E-state index in [0.29, 0.717) is 43.5 Å². The zero-order chi connectivity index (χ0) is 19.3. The van der Waals surface area contributed by atoms with Gasteiger partial charge in [0, 0.05) is 51.7 Å². The first-order valence-corrected chi connectivity index (χ1v) is 9.91. The van der Waals surface area contributed by atoms with Crippen molar-refractivity contribution in [3.05, 3.63) is 42.1 Å². The van der Waals surface area contributed by atoms with Crippen molar-refractivity contribution in [3.63, 3.8) is 0 Å². The van der Waals surface area contributed by atoms with Crippen molar-refractivity contribution in [1.29, 1.82) is 0 Å². The molecule has 0 spiro atoms. The van der Waals surface area contributed by atoms with Crippen molar-refractivity contribution >= 4 is 17.8 Å². The van der Waals surface area contributed by atoms with E-state index in [1.807, 2.05) is 0 Å². The Hall–Kier alpha value is -2.90. The van der Waals surface area contributed by atoms with Gasteiger partial charge in [-0.2, -0.15) is 0 Å². The van der Waals surface area contributed by atoms with Gasteiger partial charge in [-0.15, -0.1) is 0 Å². The summed E-state index contributed by atoms with van der Waals surface area (Å²) in [6.07, 6.45) is 9.55. The quantitative estimate of drug-likeness (QED) is 0.807. The van der Waals surface area contributed by atoms with Gasteiger partial charge in [0.25, 0.3) is 11.8 Å². The third-order valence-electron chi connectivity index (χ3n) is 5.36. The minimum Gasteiger partial charge on any atom is -0.459 e. The largest absolute Gasteiger partial charge is 0.459 e. The second kappa shape index (κ2) is 8.41. The SMILES string of the molecule is O=C(c1cnc(N2CCCCCC2)nc1)N1CCN(C(=O)c2ccco2)CC1. The topological polar surface area (TPSA) is 82.8 Å². The van der Waals surface area contributed by atoms with Gasteiger partial charge in [-0.05, 0) is 25.0 Å². The molecule has 0 N–H and O–H groups in total. The minimum absolute atomic E-state index is 0.0903. The highest BCUT2D eigenvalue weighted by atomic mass is 16.3. The normalized spacial score (nSPS) is 18.1. The summed E-state index contributed by atoms with van der Waals surface area (Å²) in [7, 11) is 0. The molecule has 2 amide bonds. The molecule has 0 unspecified atom stereocenters. The van der Waals surface area contributed by atoms with E-state index in [-0.39, 0.29) is 11.8 Å². The van der Waals surface area contributed by atoms with E-state index in [1.54, 1.807) is 34.3 Å². The van der Waals surface area contributed by atoms with Gasteiger partial charge in [0.1, 0.15) is 0 Å². The Morgan fingerprint density at radius 1 is 0.821 bits per heavy atom. The number of hydrogen-bond acceptors (Lipinski definition) is 6. The Bertz CT molecular complexity index is 790. The van der Waals surface area contributed by atoms with Crippen molar-refractivity contribution in [2.45, 2.75) is 25.7 Å². The van der Waals surface area contributed by atoms with Crippen LogP contribution in [0.4, 0.5) is 5.95 Å². The number of nitrogens with zero attached hydrogens (tertiary/aromatic N) is 5. The van der Waals surface area contributed by atoms with Gasteiger partial charge in [-0.25, -0.2) is 9.97 Å². The highest BCUT2D eigenvalue weighted by Crippen LogP contribution is 2.16. The van der Waals surface area contributed by atoms with Crippen LogP contribution < -0.4 is 4.90 Å². The van der Waals surface area contributed by atoms with Crippen LogP contribution in [0.3, 0.4) is 0 Å². The average molecular weight is 383 g/mol. The van der Waals surface area contributed by atoms with E-state index in [4.69, 9.17) is 4.42 Å². The van der Waals surface area contributed by atoms with Gasteiger partial charge in [0.05, 0.1) is 11.8 Å². The van der Waals surface area contributed by atoms with E-state index in [1.165, 1.54) is 19.1 Å². The van der Waals surface area contributed by atoms with E-state index in [2.05, 4.69) is 14.9 Å². The predicted molar refractivity (Wildman–Crippen MR) is 103 cm³/mol. The van der Waals surface area contributed by atoms with Crippen LogP contribution in [0.2, 0.25) is 0 Å². The highest BCUT2D eigenvalue weighted by molar-refractivity contribution is 5.94. The third-order valence-corrected chi connectivity index (χ3v) is 5.36. The first-order chi connectivity index (χ1) is 13.7. The Labute approximate surface area is 164 Å². The van der Waals surface area contributed by atoms with Crippen LogP contribution >= 0.6 is 0 Å². The molecule has 0 saturated carbocycles. The summed E-state index contributed by atoms with van der Waals surface area (Å²) in [5, 5.41) is 0. The summed E-state index contributed by atoms with van der Waals surface area (Å²) >= 11 is 0. The second-order valence-electron chi connectivity index (χ2n) is 7.23. The third kappa shape index (κ3) is 4.00. The predicted octanol–water partition coefficient (Wildman–Crippen LogP) is 2.05. The molecule has 8 heteroatoms. The monoisotopic (exact) mass is 383 g/mol. The number of hydrogen-bond donors (Lipinski definition) is 0. The van der Waals surface area contributed by atoms with Crippen LogP contribution in [-0.4, -0.2) is 70.9 Å². The molecule has 4 heterocycles. The molecular weight excluding hydrogens is 358 g/mol. The number of carbonyl (C=O) groups excluding carboxylic acids is 2. The molecule has 4 rings (SSSR count). The Balaban J connectivity index is 1.34. The summed E-state index contributed by atoms with van der Waals surface area (Å²) in [6.45, 7) is 3.88. The van der Waals surface area contributed by atoms with Crippen molar-refractivity contribution in [1.82, 2.24) is 19.8 Å². The van der Waals surface area contributed by atoms with Crippen molar-refractivity contribution in [3.8, 4) is 0 Å². The number of aromatic nitrogens is 2. The van der Waals surface area contributed by atoms with Gasteiger partial charge >= 0.3 is 0 Å². The second-order valence-corrected chi connectivity index (χ2v) is 7.23. The Kier molecular flexibility index (Phi) is 5.55. The van der Waals surface area contributed by atoms with Gasteiger partial charge in [-0.1, -0.05) is 12.8 Å². The van der Waals surface area contributed by atoms with Gasteiger partial charge < -0.3 is 19.1 Å². The number of rotatable bonds is 3. The molecule has 2 saturated heterocycles. The van der Waals surface area contributed by atoms with Crippen LogP contribution in [-0.2, 0) is 0 Å². The zero-order valence-electron chi connectivity index (χ0n) is 15.9. The maximum atomic E-state index is 12.8. The number of furan rings is 1. The molecule has 0 bridgehead atoms. The molecule has 0 aliphatic carbocycles. The van der Waals surface area contributed by atoms with Crippen LogP contribution in [0.1, 0.15) is 46.6 Å². The number of anilines is 1. The van der Waals surface area contributed by atoms with Gasteiger partial charge in [-0.3, -0.25) is 9.59 Å². The van der Waals surface area contributed by atoms with E-state index in [0.717, 1.165) is 25.9 Å². The lowest BCUT2D eigenvalue weighted by Gasteiger charge is -2.34. The first kappa shape index (κ1) is 18.5. The van der Waals surface area contributed by atoms with E-state index >= 15 is 0 Å². The lowest BCUT2D eigenvalue weighted by Crippen LogP contribution is -2.50. The fourth-order valence-corrected chi connectivity index (χ4v) is 3.72. The molecule has 2 aromatic rings. The lowest BCUT2D eigenvalue weighted by atomic mass is 10.2. The zero-order valence-corrected chi connectivity index (χ0v) is 15.9. The average Bonchev–Trinajstić information content (AvgIpc) is 3.15. The van der Waals surface area contributed by atoms with Crippen molar-refractivity contribution < 1.29 is 14.0 Å². The first-order valence-electron chi connectivity index (χ1n) is 9.91. The molecule has 2 aliphatic heterocycles. The van der Waals surface area contributed by atoms with E-state index in [9.17, 15) is 9.59 Å². The molecule has 0 atom stereocenters. The van der Waals surface area contributed by atoms with Crippen LogP contribution in [0, 0.1) is 0 Å². The molecule has 2 aromatic heterocycles. The van der Waals surface area contributed by atoms with Crippen molar-refractivity contribution in [2.75, 3.05) is 44.2 Å². The van der Waals surface area contributed by atoms with Crippen LogP contribution in [0.15, 0.2) is 35.2 Å². The summed E-state index contributed by atoms with van der Waals surface area (Å²) < 4.78 is 5.17. The molecule has 2 aliphatic rings. The van der Waals surface area contributed by atoms with Gasteiger partial charge in [0.2, 0.25) is 5.95 Å². The molecule has 0 aromatic carbocycles. The molecule has 28 heavy (non-hydrogen) atoms. The fourth-order valence-electron chi connectivity index (χ4n) is 3.72. The molecule has 148 valence electrons. The number of carbonyl (C=O) groups is 2. The lowest BCUT2D eigenvalue weighted by molar-refractivity contribution is 0.0517. The summed E-state index contributed by atoms with van der Waals surface area (Å²) in [6, 6.07) is 3.35. The smallest absolute Gasteiger partial charge is 0.289 e. The minimum atomic E-state index is -0.137. The summed E-state index contributed by atoms with van der Waals surface area (Å²) in [5.41, 5.74) is 0.490. The maximum absolute atomic E-state index is 12.8. The van der Waals surface area contributed by atoms with Gasteiger partial charge in [0.15, 0.2) is 5.76 Å². The molecular formula is C20H25N5O3. The summed E-state index contributed by atoms with van der Waals surface area (Å²) in [5.74, 6) is 0.805. The standard InChI is InChI=1S/C20H25N5O3/c26-18(16-14-21-20(22-15-16)25-7-3-1-2-4-8-25)23-9-11-24(12-10-23)19(27)17-6-5-13-28-17/h5-6,13-15H,1-4,7-12H2. The van der Waals surface area contributed by atoms with E-state index < -0.39 is 0 Å². The Morgan fingerprint density at radius 2 is 1.43 bits per heavy atom. The number of piperazine rings is 1. The van der Waals surface area contributed by atoms with Crippen molar-refractivity contribution in [2.24, 2.45) is 0 Å². The fraction of sp³-hybridized carbons (Fsp3) is 0.500.